The maximum atomic E-state index is 13.5. The maximum Gasteiger partial charge on any atom is 0.244 e. The Kier molecular flexibility index (Phi) is 5.57. The summed E-state index contributed by atoms with van der Waals surface area (Å²) in [7, 11) is -0.900. The van der Waals surface area contributed by atoms with Gasteiger partial charge in [-0.1, -0.05) is 18.2 Å². The lowest BCUT2D eigenvalue weighted by molar-refractivity contribution is 0.386. The molecule has 5 nitrogen and oxygen atoms in total. The smallest absolute Gasteiger partial charge is 0.244 e. The number of rotatable bonds is 7. The Balaban J connectivity index is 2.12. The molecule has 0 heterocycles. The fourth-order valence-electron chi connectivity index (χ4n) is 2.10. The van der Waals surface area contributed by atoms with Gasteiger partial charge in [-0.15, -0.1) is 0 Å². The van der Waals surface area contributed by atoms with Crippen LogP contribution in [-0.2, 0) is 16.4 Å². The van der Waals surface area contributed by atoms with Crippen molar-refractivity contribution < 1.29 is 22.3 Å². The first kappa shape index (κ1) is 17.2. The van der Waals surface area contributed by atoms with Gasteiger partial charge in [0.05, 0.1) is 14.2 Å². The topological polar surface area (TPSA) is 64.6 Å². The van der Waals surface area contributed by atoms with Crippen LogP contribution in [0.4, 0.5) is 4.39 Å². The lowest BCUT2D eigenvalue weighted by atomic mass is 10.1. The zero-order chi connectivity index (χ0) is 16.9. The summed E-state index contributed by atoms with van der Waals surface area (Å²) in [6.07, 6.45) is 0.254. The monoisotopic (exact) mass is 339 g/mol. The molecule has 0 saturated heterocycles. The second kappa shape index (κ2) is 7.43. The molecule has 0 bridgehead atoms. The van der Waals surface area contributed by atoms with Crippen molar-refractivity contribution in [3.63, 3.8) is 0 Å². The van der Waals surface area contributed by atoms with Gasteiger partial charge in [0.2, 0.25) is 10.0 Å². The predicted molar refractivity (Wildman–Crippen MR) is 84.8 cm³/mol. The number of sulfonamides is 1. The van der Waals surface area contributed by atoms with E-state index < -0.39 is 10.0 Å². The highest BCUT2D eigenvalue weighted by Crippen LogP contribution is 2.28. The van der Waals surface area contributed by atoms with Crippen molar-refractivity contribution in [3.05, 3.63) is 53.8 Å². The van der Waals surface area contributed by atoms with E-state index in [9.17, 15) is 12.8 Å². The van der Waals surface area contributed by atoms with Crippen molar-refractivity contribution in [2.75, 3.05) is 20.8 Å². The molecule has 2 aromatic rings. The number of benzene rings is 2. The molecular weight excluding hydrogens is 321 g/mol. The highest BCUT2D eigenvalue weighted by atomic mass is 32.2. The summed E-state index contributed by atoms with van der Waals surface area (Å²) in [5.41, 5.74) is 0.455. The third kappa shape index (κ3) is 4.20. The maximum absolute atomic E-state index is 13.5. The number of hydrogen-bond donors (Lipinski definition) is 1. The van der Waals surface area contributed by atoms with Crippen LogP contribution >= 0.6 is 0 Å². The van der Waals surface area contributed by atoms with Crippen LogP contribution in [0, 0.1) is 5.82 Å². The van der Waals surface area contributed by atoms with E-state index in [1.165, 1.54) is 38.5 Å². The Bertz CT molecular complexity index is 777. The molecule has 2 rings (SSSR count). The SMILES string of the molecule is COc1ccc(S(=O)(=O)NCCc2ccccc2F)c(OC)c1. The predicted octanol–water partition coefficient (Wildman–Crippen LogP) is 2.36. The van der Waals surface area contributed by atoms with Crippen molar-refractivity contribution in [3.8, 4) is 11.5 Å². The molecule has 7 heteroatoms. The molecule has 2 aromatic carbocycles. The minimum Gasteiger partial charge on any atom is -0.497 e. The van der Waals surface area contributed by atoms with Crippen LogP contribution in [0.15, 0.2) is 47.4 Å². The first-order valence-electron chi connectivity index (χ1n) is 6.93. The first-order chi connectivity index (χ1) is 11.0. The van der Waals surface area contributed by atoms with Crippen LogP contribution in [-0.4, -0.2) is 29.2 Å². The van der Waals surface area contributed by atoms with Gasteiger partial charge in [-0.25, -0.2) is 17.5 Å². The third-order valence-corrected chi connectivity index (χ3v) is 4.81. The van der Waals surface area contributed by atoms with Crippen LogP contribution in [0.3, 0.4) is 0 Å². The summed E-state index contributed by atoms with van der Waals surface area (Å²) in [4.78, 5) is 0.00864. The normalized spacial score (nSPS) is 11.3. The number of hydrogen-bond acceptors (Lipinski definition) is 4. The van der Waals surface area contributed by atoms with Gasteiger partial charge in [-0.05, 0) is 30.2 Å². The molecule has 23 heavy (non-hydrogen) atoms. The summed E-state index contributed by atoms with van der Waals surface area (Å²) < 4.78 is 50.8. The third-order valence-electron chi connectivity index (χ3n) is 3.30. The summed E-state index contributed by atoms with van der Waals surface area (Å²) >= 11 is 0. The number of halogens is 1. The van der Waals surface area contributed by atoms with Crippen LogP contribution in [0.5, 0.6) is 11.5 Å². The molecule has 124 valence electrons. The van der Waals surface area contributed by atoms with Crippen molar-refractivity contribution in [2.24, 2.45) is 0 Å². The zero-order valence-corrected chi connectivity index (χ0v) is 13.7. The van der Waals surface area contributed by atoms with Gasteiger partial charge in [0.25, 0.3) is 0 Å². The van der Waals surface area contributed by atoms with E-state index >= 15 is 0 Å². The Labute approximate surface area is 135 Å². The van der Waals surface area contributed by atoms with Gasteiger partial charge in [0.1, 0.15) is 22.2 Å². The van der Waals surface area contributed by atoms with Crippen molar-refractivity contribution in [2.45, 2.75) is 11.3 Å². The molecule has 0 spiro atoms. The van der Waals surface area contributed by atoms with E-state index in [1.807, 2.05) is 0 Å². The molecule has 1 N–H and O–H groups in total. The minimum absolute atomic E-state index is 0.00864. The van der Waals surface area contributed by atoms with Crippen LogP contribution in [0.25, 0.3) is 0 Å². The second-order valence-electron chi connectivity index (χ2n) is 4.76. The number of nitrogens with one attached hydrogen (secondary N) is 1. The van der Waals surface area contributed by atoms with Crippen molar-refractivity contribution >= 4 is 10.0 Å². The number of methoxy groups -OCH3 is 2. The lowest BCUT2D eigenvalue weighted by Gasteiger charge is -2.12. The summed E-state index contributed by atoms with van der Waals surface area (Å²) in [6, 6.07) is 10.7. The van der Waals surface area contributed by atoms with Crippen molar-refractivity contribution in [1.82, 2.24) is 4.72 Å². The highest BCUT2D eigenvalue weighted by Gasteiger charge is 2.19. The van der Waals surface area contributed by atoms with Crippen LogP contribution in [0.1, 0.15) is 5.56 Å². The van der Waals surface area contributed by atoms with E-state index in [-0.39, 0.29) is 29.4 Å². The van der Waals surface area contributed by atoms with Gasteiger partial charge < -0.3 is 9.47 Å². The summed E-state index contributed by atoms with van der Waals surface area (Å²) in [5, 5.41) is 0. The molecule has 0 aliphatic carbocycles. The van der Waals surface area contributed by atoms with Crippen LogP contribution < -0.4 is 14.2 Å². The van der Waals surface area contributed by atoms with E-state index in [4.69, 9.17) is 9.47 Å². The van der Waals surface area contributed by atoms with Gasteiger partial charge >= 0.3 is 0 Å². The average Bonchev–Trinajstić information content (AvgIpc) is 2.55. The fourth-order valence-corrected chi connectivity index (χ4v) is 3.28. The Morgan fingerprint density at radius 3 is 2.48 bits per heavy atom. The van der Waals surface area contributed by atoms with Gasteiger partial charge in [0, 0.05) is 12.6 Å². The summed E-state index contributed by atoms with van der Waals surface area (Å²) in [6.45, 7) is 0.0818. The standard InChI is InChI=1S/C16H18FNO4S/c1-21-13-7-8-16(15(11-13)22-2)23(19,20)18-10-9-12-5-3-4-6-14(12)17/h3-8,11,18H,9-10H2,1-2H3. The van der Waals surface area contributed by atoms with E-state index in [2.05, 4.69) is 4.72 Å². The first-order valence-corrected chi connectivity index (χ1v) is 8.41. The Morgan fingerprint density at radius 2 is 1.83 bits per heavy atom. The Morgan fingerprint density at radius 1 is 1.09 bits per heavy atom. The van der Waals surface area contributed by atoms with Crippen LogP contribution in [0.2, 0.25) is 0 Å². The Hall–Kier alpha value is -2.12. The molecular formula is C16H18FNO4S. The summed E-state index contributed by atoms with van der Waals surface area (Å²) in [5.74, 6) is 0.323. The molecule has 0 amide bonds. The quantitative estimate of drug-likeness (QED) is 0.841. The molecule has 0 radical (unpaired) electrons. The minimum atomic E-state index is -3.76. The molecule has 0 aliphatic rings. The molecule has 0 atom stereocenters. The van der Waals surface area contributed by atoms with Gasteiger partial charge in [0.15, 0.2) is 0 Å². The van der Waals surface area contributed by atoms with Gasteiger partial charge in [-0.3, -0.25) is 0 Å². The zero-order valence-electron chi connectivity index (χ0n) is 12.9. The molecule has 0 fully saturated rings. The van der Waals surface area contributed by atoms with Crippen molar-refractivity contribution in [1.29, 1.82) is 0 Å². The fraction of sp³-hybridized carbons (Fsp3) is 0.250. The molecule has 0 saturated carbocycles. The number of ether oxygens (including phenoxy) is 2. The van der Waals surface area contributed by atoms with Gasteiger partial charge in [-0.2, -0.15) is 0 Å². The van der Waals surface area contributed by atoms with E-state index in [0.29, 0.717) is 11.3 Å². The van der Waals surface area contributed by atoms with E-state index in [0.717, 1.165) is 0 Å². The highest BCUT2D eigenvalue weighted by molar-refractivity contribution is 7.89. The average molecular weight is 339 g/mol. The second-order valence-corrected chi connectivity index (χ2v) is 6.49. The lowest BCUT2D eigenvalue weighted by Crippen LogP contribution is -2.26. The molecule has 0 aromatic heterocycles. The molecule has 0 aliphatic heterocycles. The molecule has 0 unspecified atom stereocenters. The van der Waals surface area contributed by atoms with E-state index in [1.54, 1.807) is 18.2 Å². The largest absolute Gasteiger partial charge is 0.497 e.